The Morgan fingerprint density at radius 3 is 1.63 bits per heavy atom. The maximum absolute atomic E-state index is 7.03. The molecule has 4 heterocycles. The van der Waals surface area contributed by atoms with Crippen LogP contribution in [-0.2, 0) is 0 Å². The minimum Gasteiger partial charge on any atom is -0.453 e. The second-order valence-corrected chi connectivity index (χ2v) is 13.9. The average Bonchev–Trinajstić information content (AvgIpc) is 3.88. The van der Waals surface area contributed by atoms with Crippen molar-refractivity contribution >= 4 is 75.3 Å². The second-order valence-electron chi connectivity index (χ2n) is 12.8. The van der Waals surface area contributed by atoms with E-state index in [-0.39, 0.29) is 0 Å². The van der Waals surface area contributed by atoms with Crippen molar-refractivity contribution in [1.82, 2.24) is 19.5 Å². The molecule has 0 atom stereocenters. The number of para-hydroxylation sites is 3. The number of benzene rings is 7. The summed E-state index contributed by atoms with van der Waals surface area (Å²) in [5.41, 5.74) is 7.93. The first-order chi connectivity index (χ1) is 25.3. The van der Waals surface area contributed by atoms with Crippen LogP contribution in [0.2, 0.25) is 0 Å². The predicted octanol–water partition coefficient (Wildman–Crippen LogP) is 12.2. The van der Waals surface area contributed by atoms with Gasteiger partial charge in [0.25, 0.3) is 0 Å². The van der Waals surface area contributed by atoms with E-state index >= 15 is 0 Å². The van der Waals surface area contributed by atoms with Crippen molar-refractivity contribution in [2.45, 2.75) is 0 Å². The van der Waals surface area contributed by atoms with E-state index in [0.29, 0.717) is 17.5 Å². The van der Waals surface area contributed by atoms with Crippen LogP contribution in [0.4, 0.5) is 0 Å². The van der Waals surface area contributed by atoms with E-state index in [2.05, 4.69) is 102 Å². The van der Waals surface area contributed by atoms with Gasteiger partial charge in [-0.25, -0.2) is 15.0 Å². The zero-order valence-electron chi connectivity index (χ0n) is 27.1. The van der Waals surface area contributed by atoms with Crippen LogP contribution >= 0.6 is 11.3 Å². The summed E-state index contributed by atoms with van der Waals surface area (Å²) in [5, 5.41) is 6.88. The molecule has 0 aliphatic heterocycles. The summed E-state index contributed by atoms with van der Waals surface area (Å²) in [5.74, 6) is 1.92. The molecule has 11 aromatic rings. The van der Waals surface area contributed by atoms with Crippen LogP contribution in [0.15, 0.2) is 162 Å². The first-order valence-corrected chi connectivity index (χ1v) is 17.8. The Kier molecular flexibility index (Phi) is 6.05. The molecule has 7 aromatic carbocycles. The molecule has 238 valence electrons. The maximum Gasteiger partial charge on any atom is 0.164 e. The molecular formula is C45H26N4OS. The normalized spacial score (nSPS) is 11.9. The molecule has 5 nitrogen and oxygen atoms in total. The predicted molar refractivity (Wildman–Crippen MR) is 211 cm³/mol. The van der Waals surface area contributed by atoms with Crippen LogP contribution in [0.3, 0.4) is 0 Å². The average molecular weight is 671 g/mol. The van der Waals surface area contributed by atoms with E-state index in [1.54, 1.807) is 11.3 Å². The summed E-state index contributed by atoms with van der Waals surface area (Å²) in [6.07, 6.45) is 0. The van der Waals surface area contributed by atoms with E-state index in [9.17, 15) is 0 Å². The van der Waals surface area contributed by atoms with Crippen LogP contribution in [0.25, 0.3) is 104 Å². The van der Waals surface area contributed by atoms with E-state index < -0.39 is 0 Å². The monoisotopic (exact) mass is 670 g/mol. The van der Waals surface area contributed by atoms with E-state index in [1.807, 2.05) is 60.7 Å². The largest absolute Gasteiger partial charge is 0.453 e. The summed E-state index contributed by atoms with van der Waals surface area (Å²) in [7, 11) is 0. The van der Waals surface area contributed by atoms with Crippen molar-refractivity contribution < 1.29 is 4.42 Å². The topological polar surface area (TPSA) is 56.7 Å². The maximum atomic E-state index is 7.03. The van der Waals surface area contributed by atoms with E-state index in [1.165, 1.54) is 20.2 Å². The van der Waals surface area contributed by atoms with Gasteiger partial charge in [-0.2, -0.15) is 0 Å². The lowest BCUT2D eigenvalue weighted by molar-refractivity contribution is 0.670. The van der Waals surface area contributed by atoms with Gasteiger partial charge in [-0.05, 0) is 48.5 Å². The smallest absolute Gasteiger partial charge is 0.164 e. The molecule has 0 radical (unpaired) electrons. The second kappa shape index (κ2) is 10.9. The van der Waals surface area contributed by atoms with Gasteiger partial charge < -0.3 is 8.98 Å². The quantitative estimate of drug-likeness (QED) is 0.187. The number of hydrogen-bond acceptors (Lipinski definition) is 5. The summed E-state index contributed by atoms with van der Waals surface area (Å²) < 4.78 is 11.7. The molecule has 0 aliphatic carbocycles. The molecular weight excluding hydrogens is 645 g/mol. The summed E-state index contributed by atoms with van der Waals surface area (Å²) in [4.78, 5) is 14.9. The zero-order valence-corrected chi connectivity index (χ0v) is 27.9. The van der Waals surface area contributed by atoms with Gasteiger partial charge in [0.05, 0.1) is 16.7 Å². The number of nitrogens with zero attached hydrogens (tertiary/aromatic N) is 4. The molecule has 51 heavy (non-hydrogen) atoms. The van der Waals surface area contributed by atoms with Crippen LogP contribution in [0.1, 0.15) is 0 Å². The van der Waals surface area contributed by atoms with Crippen molar-refractivity contribution in [3.05, 3.63) is 158 Å². The Bertz CT molecular complexity index is 3030. The molecule has 0 amide bonds. The third kappa shape index (κ3) is 4.30. The molecule has 0 unspecified atom stereocenters. The first kappa shape index (κ1) is 28.2. The zero-order chi connectivity index (χ0) is 33.5. The highest BCUT2D eigenvalue weighted by molar-refractivity contribution is 7.26. The van der Waals surface area contributed by atoms with Gasteiger partial charge in [0.1, 0.15) is 5.58 Å². The molecule has 4 aromatic heterocycles. The van der Waals surface area contributed by atoms with Gasteiger partial charge in [-0.1, -0.05) is 109 Å². The highest BCUT2D eigenvalue weighted by atomic mass is 32.1. The minimum atomic E-state index is 0.634. The minimum absolute atomic E-state index is 0.634. The Morgan fingerprint density at radius 1 is 0.412 bits per heavy atom. The number of rotatable bonds is 4. The van der Waals surface area contributed by atoms with E-state index in [0.717, 1.165) is 66.1 Å². The number of hydrogen-bond donors (Lipinski definition) is 0. The number of furan rings is 1. The van der Waals surface area contributed by atoms with Crippen molar-refractivity contribution in [2.75, 3.05) is 0 Å². The Morgan fingerprint density at radius 2 is 0.961 bits per heavy atom. The molecule has 11 rings (SSSR count). The van der Waals surface area contributed by atoms with Gasteiger partial charge in [-0.15, -0.1) is 11.3 Å². The molecule has 0 N–H and O–H groups in total. The summed E-state index contributed by atoms with van der Waals surface area (Å²) in [6.45, 7) is 0. The Hall–Kier alpha value is -6.63. The van der Waals surface area contributed by atoms with Crippen LogP contribution in [0, 0.1) is 0 Å². The standard InChI is InChI=1S/C45H26N4OS/c1-3-12-27(13-4-1)43-46-44(28-14-5-2-6-15-28)48-45(47-43)29-22-24-38-34(26-29)40-39(51-38)25-23-33-32-18-11-21-37(41(32)50-42(33)40)49-35-19-9-7-16-30(35)31-17-8-10-20-36(31)49/h1-26H. The van der Waals surface area contributed by atoms with Gasteiger partial charge in [0, 0.05) is 58.4 Å². The van der Waals surface area contributed by atoms with Crippen LogP contribution in [0.5, 0.6) is 0 Å². The van der Waals surface area contributed by atoms with Crippen molar-refractivity contribution in [2.24, 2.45) is 0 Å². The van der Waals surface area contributed by atoms with Crippen LogP contribution in [-0.4, -0.2) is 19.5 Å². The first-order valence-electron chi connectivity index (χ1n) is 16.9. The fourth-order valence-corrected chi connectivity index (χ4v) is 8.62. The van der Waals surface area contributed by atoms with Gasteiger partial charge in [0.2, 0.25) is 0 Å². The lowest BCUT2D eigenvalue weighted by atomic mass is 10.1. The van der Waals surface area contributed by atoms with Gasteiger partial charge in [0.15, 0.2) is 23.1 Å². The Labute approximate surface area is 295 Å². The third-order valence-electron chi connectivity index (χ3n) is 9.86. The molecule has 0 saturated carbocycles. The number of aromatic nitrogens is 4. The lowest BCUT2D eigenvalue weighted by Crippen LogP contribution is -2.00. The highest BCUT2D eigenvalue weighted by Crippen LogP contribution is 2.44. The lowest BCUT2D eigenvalue weighted by Gasteiger charge is -2.08. The van der Waals surface area contributed by atoms with Crippen molar-refractivity contribution in [3.8, 4) is 39.9 Å². The highest BCUT2D eigenvalue weighted by Gasteiger charge is 2.21. The molecule has 0 bridgehead atoms. The van der Waals surface area contributed by atoms with Crippen LogP contribution < -0.4 is 0 Å². The summed E-state index contributed by atoms with van der Waals surface area (Å²) >= 11 is 1.78. The van der Waals surface area contributed by atoms with E-state index in [4.69, 9.17) is 19.4 Å². The van der Waals surface area contributed by atoms with Gasteiger partial charge >= 0.3 is 0 Å². The molecule has 0 fully saturated rings. The molecule has 6 heteroatoms. The molecule has 0 saturated heterocycles. The fraction of sp³-hybridized carbons (Fsp3) is 0. The summed E-state index contributed by atoms with van der Waals surface area (Å²) in [6, 6.07) is 54.8. The Balaban J connectivity index is 1.15. The number of thiophene rings is 1. The van der Waals surface area contributed by atoms with Crippen molar-refractivity contribution in [3.63, 3.8) is 0 Å². The van der Waals surface area contributed by atoms with Gasteiger partial charge in [-0.3, -0.25) is 0 Å². The molecule has 0 spiro atoms. The number of fused-ring (bicyclic) bond motifs is 10. The molecule has 0 aliphatic rings. The third-order valence-corrected chi connectivity index (χ3v) is 11.0. The SMILES string of the molecule is c1ccc(-c2nc(-c3ccccc3)nc(-c3ccc4sc5ccc6c7cccc(-n8c9ccccc9c9ccccc98)c7oc6c5c4c3)n2)cc1. The van der Waals surface area contributed by atoms with Crippen molar-refractivity contribution in [1.29, 1.82) is 0 Å². The fourth-order valence-electron chi connectivity index (χ4n) is 7.54.